The van der Waals surface area contributed by atoms with Crippen molar-refractivity contribution in [1.82, 2.24) is 15.2 Å². The Morgan fingerprint density at radius 3 is 2.81 bits per heavy atom. The summed E-state index contributed by atoms with van der Waals surface area (Å²) < 4.78 is 16.8. The number of H-pyrrole nitrogens is 1. The highest BCUT2D eigenvalue weighted by atomic mass is 32.2. The van der Waals surface area contributed by atoms with Crippen LogP contribution in [0.2, 0.25) is 0 Å². The van der Waals surface area contributed by atoms with Crippen molar-refractivity contribution in [2.45, 2.75) is 43.4 Å². The maximum absolute atomic E-state index is 12.8. The predicted molar refractivity (Wildman–Crippen MR) is 105 cm³/mol. The van der Waals surface area contributed by atoms with E-state index < -0.39 is 21.9 Å². The van der Waals surface area contributed by atoms with Crippen LogP contribution in [0.25, 0.3) is 10.9 Å². The standard InChI is InChI=1S/C16H22N6O3S2/c1-4-9-5-6-10-7-19-21-13(10)12(9)20-15(23)22-27(17,25)11-8-18-14(26-11)16(2,3)24/h5-8,15,20,23-24H,4H2,1-3H3,(H,19,21)(H2,17,22,25). The van der Waals surface area contributed by atoms with E-state index >= 15 is 0 Å². The summed E-state index contributed by atoms with van der Waals surface area (Å²) in [5.74, 6) is 0. The van der Waals surface area contributed by atoms with Crippen molar-refractivity contribution in [2.24, 2.45) is 9.50 Å². The number of nitrogens with two attached hydrogens (primary N) is 1. The largest absolute Gasteiger partial charge is 0.383 e. The minimum atomic E-state index is -3.40. The van der Waals surface area contributed by atoms with Crippen LogP contribution in [0.3, 0.4) is 0 Å². The molecule has 1 aromatic carbocycles. The summed E-state index contributed by atoms with van der Waals surface area (Å²) in [6, 6.07) is 3.85. The second-order valence-electron chi connectivity index (χ2n) is 6.52. The van der Waals surface area contributed by atoms with Crippen LogP contribution >= 0.6 is 11.3 Å². The van der Waals surface area contributed by atoms with Crippen LogP contribution in [0, 0.1) is 0 Å². The molecule has 0 aliphatic heterocycles. The van der Waals surface area contributed by atoms with Crippen LogP contribution in [0.15, 0.2) is 33.1 Å². The molecule has 0 spiro atoms. The Bertz CT molecular complexity index is 1080. The Morgan fingerprint density at radius 2 is 2.19 bits per heavy atom. The van der Waals surface area contributed by atoms with E-state index in [0.29, 0.717) is 22.6 Å². The van der Waals surface area contributed by atoms with Crippen LogP contribution in [0.5, 0.6) is 0 Å². The molecule has 2 atom stereocenters. The molecule has 3 aromatic rings. The van der Waals surface area contributed by atoms with Crippen molar-refractivity contribution in [3.8, 4) is 0 Å². The van der Waals surface area contributed by atoms with Crippen molar-refractivity contribution >= 4 is 37.8 Å². The predicted octanol–water partition coefficient (Wildman–Crippen LogP) is 1.90. The first-order chi connectivity index (χ1) is 12.6. The number of anilines is 1. The summed E-state index contributed by atoms with van der Waals surface area (Å²) in [5.41, 5.74) is 1.10. The lowest BCUT2D eigenvalue weighted by atomic mass is 10.1. The van der Waals surface area contributed by atoms with Crippen LogP contribution in [-0.4, -0.2) is 36.0 Å². The zero-order valence-electron chi connectivity index (χ0n) is 15.1. The van der Waals surface area contributed by atoms with E-state index in [-0.39, 0.29) is 4.21 Å². The van der Waals surface area contributed by atoms with Gasteiger partial charge in [-0.2, -0.15) is 9.46 Å². The van der Waals surface area contributed by atoms with Gasteiger partial charge in [0.25, 0.3) is 0 Å². The molecule has 0 fully saturated rings. The van der Waals surface area contributed by atoms with Gasteiger partial charge < -0.3 is 15.5 Å². The molecule has 2 heterocycles. The van der Waals surface area contributed by atoms with Crippen LogP contribution in [0.4, 0.5) is 5.69 Å². The Morgan fingerprint density at radius 1 is 1.44 bits per heavy atom. The van der Waals surface area contributed by atoms with Gasteiger partial charge in [-0.05, 0) is 25.8 Å². The second-order valence-corrected chi connectivity index (χ2v) is 9.60. The fraction of sp³-hybridized carbons (Fsp3) is 0.375. The summed E-state index contributed by atoms with van der Waals surface area (Å²) in [4.78, 5) is 4.04. The number of aryl methyl sites for hydroxylation is 1. The number of benzene rings is 1. The number of aromatic nitrogens is 3. The van der Waals surface area contributed by atoms with Crippen LogP contribution in [0.1, 0.15) is 31.3 Å². The minimum absolute atomic E-state index is 0.177. The SMILES string of the molecule is CCc1ccc2cn[nH]c2c1NC(O)N=S(N)(=O)c1cnc(C(C)(C)O)s1. The van der Waals surface area contributed by atoms with Gasteiger partial charge in [0.2, 0.25) is 6.35 Å². The smallest absolute Gasteiger partial charge is 0.233 e. The first-order valence-corrected chi connectivity index (χ1v) is 10.6. The Hall–Kier alpha value is -2.05. The lowest BCUT2D eigenvalue weighted by Crippen LogP contribution is -2.22. The van der Waals surface area contributed by atoms with E-state index in [4.69, 9.17) is 5.14 Å². The number of hydrogen-bond donors (Lipinski definition) is 5. The molecule has 146 valence electrons. The van der Waals surface area contributed by atoms with Gasteiger partial charge >= 0.3 is 0 Å². The maximum Gasteiger partial charge on any atom is 0.233 e. The molecule has 2 aromatic heterocycles. The normalized spacial score (nSPS) is 15.5. The number of hydrogen-bond acceptors (Lipinski definition) is 8. The van der Waals surface area contributed by atoms with Crippen LogP contribution < -0.4 is 10.5 Å². The summed E-state index contributed by atoms with van der Waals surface area (Å²) in [6.45, 7) is 5.12. The highest BCUT2D eigenvalue weighted by Crippen LogP contribution is 2.29. The van der Waals surface area contributed by atoms with Crippen molar-refractivity contribution in [2.75, 3.05) is 5.32 Å². The highest BCUT2D eigenvalue weighted by Gasteiger charge is 2.23. The first-order valence-electron chi connectivity index (χ1n) is 8.24. The molecule has 0 bridgehead atoms. The van der Waals surface area contributed by atoms with E-state index in [1.54, 1.807) is 20.0 Å². The highest BCUT2D eigenvalue weighted by molar-refractivity contribution is 7.93. The molecule has 0 amide bonds. The van der Waals surface area contributed by atoms with Gasteiger partial charge in [-0.15, -0.1) is 11.3 Å². The van der Waals surface area contributed by atoms with Gasteiger partial charge in [-0.3, -0.25) is 5.10 Å². The lowest BCUT2D eigenvalue weighted by Gasteiger charge is -2.15. The van der Waals surface area contributed by atoms with Crippen molar-refractivity contribution in [3.63, 3.8) is 0 Å². The number of nitrogens with zero attached hydrogens (tertiary/aromatic N) is 3. The monoisotopic (exact) mass is 410 g/mol. The van der Waals surface area contributed by atoms with Crippen molar-refractivity contribution < 1.29 is 14.4 Å². The Labute approximate surface area is 161 Å². The molecule has 0 aliphatic rings. The van der Waals surface area contributed by atoms with Crippen molar-refractivity contribution in [1.29, 1.82) is 0 Å². The first kappa shape index (κ1) is 19.7. The summed E-state index contributed by atoms with van der Waals surface area (Å²) >= 11 is 0.996. The Balaban J connectivity index is 1.92. The molecule has 11 heteroatoms. The molecular formula is C16H22N6O3S2. The fourth-order valence-electron chi connectivity index (χ4n) is 2.55. The zero-order chi connectivity index (χ0) is 19.8. The molecule has 0 aliphatic carbocycles. The molecule has 2 unspecified atom stereocenters. The zero-order valence-corrected chi connectivity index (χ0v) is 16.8. The summed E-state index contributed by atoms with van der Waals surface area (Å²) in [6.07, 6.45) is 2.19. The molecule has 6 N–H and O–H groups in total. The minimum Gasteiger partial charge on any atom is -0.383 e. The lowest BCUT2D eigenvalue weighted by molar-refractivity contribution is 0.0783. The third-order valence-corrected chi connectivity index (χ3v) is 7.18. The summed E-state index contributed by atoms with van der Waals surface area (Å²) in [5, 5.41) is 37.1. The van der Waals surface area contributed by atoms with Gasteiger partial charge in [0, 0.05) is 5.39 Å². The van der Waals surface area contributed by atoms with Gasteiger partial charge in [0.15, 0.2) is 0 Å². The number of fused-ring (bicyclic) bond motifs is 1. The van der Waals surface area contributed by atoms with E-state index in [2.05, 4.69) is 24.9 Å². The molecule has 0 saturated carbocycles. The number of nitrogens with one attached hydrogen (secondary N) is 2. The van der Waals surface area contributed by atoms with Crippen molar-refractivity contribution in [3.05, 3.63) is 35.1 Å². The average Bonchev–Trinajstić information content (AvgIpc) is 3.24. The van der Waals surface area contributed by atoms with Gasteiger partial charge in [0.05, 0.1) is 23.6 Å². The molecular weight excluding hydrogens is 388 g/mol. The number of aliphatic hydroxyl groups is 2. The number of thiazole rings is 1. The molecule has 27 heavy (non-hydrogen) atoms. The van der Waals surface area contributed by atoms with E-state index in [0.717, 1.165) is 22.3 Å². The van der Waals surface area contributed by atoms with Gasteiger partial charge in [-0.1, -0.05) is 19.1 Å². The molecule has 0 radical (unpaired) electrons. The second kappa shape index (κ2) is 7.17. The maximum atomic E-state index is 12.8. The fourth-order valence-corrected chi connectivity index (χ4v) is 4.70. The van der Waals surface area contributed by atoms with Crippen LogP contribution in [-0.2, 0) is 21.9 Å². The van der Waals surface area contributed by atoms with E-state index in [1.165, 1.54) is 6.20 Å². The van der Waals surface area contributed by atoms with E-state index in [9.17, 15) is 14.4 Å². The summed E-state index contributed by atoms with van der Waals surface area (Å²) in [7, 11) is -3.40. The molecule has 0 saturated heterocycles. The molecule has 9 nitrogen and oxygen atoms in total. The quantitative estimate of drug-likeness (QED) is 0.392. The topological polar surface area (TPSA) is 150 Å². The van der Waals surface area contributed by atoms with Gasteiger partial charge in [-0.25, -0.2) is 14.3 Å². The number of rotatable bonds is 6. The Kier molecular flexibility index (Phi) is 5.23. The van der Waals surface area contributed by atoms with Gasteiger partial charge in [0.1, 0.15) is 24.7 Å². The number of aliphatic hydroxyl groups excluding tert-OH is 1. The number of aromatic amines is 1. The third-order valence-electron chi connectivity index (χ3n) is 3.91. The molecule has 3 rings (SSSR count). The third kappa shape index (κ3) is 4.12. The van der Waals surface area contributed by atoms with E-state index in [1.807, 2.05) is 19.1 Å². The average molecular weight is 411 g/mol.